The Morgan fingerprint density at radius 2 is 1.94 bits per heavy atom. The van der Waals surface area contributed by atoms with Crippen LogP contribution in [0, 0.1) is 6.92 Å². The van der Waals surface area contributed by atoms with E-state index in [1.807, 2.05) is 11.8 Å². The number of aryl methyl sites for hydroxylation is 1. The van der Waals surface area contributed by atoms with Crippen molar-refractivity contribution in [2.75, 3.05) is 5.75 Å². The van der Waals surface area contributed by atoms with Crippen molar-refractivity contribution in [1.82, 2.24) is 0 Å². The van der Waals surface area contributed by atoms with E-state index in [1.54, 1.807) is 0 Å². The summed E-state index contributed by atoms with van der Waals surface area (Å²) in [4.78, 5) is 1.34. The fraction of sp³-hybridized carbons (Fsp3) is 0.625. The van der Waals surface area contributed by atoms with Gasteiger partial charge in [-0.15, -0.1) is 11.8 Å². The molecule has 1 aromatic carbocycles. The van der Waals surface area contributed by atoms with E-state index in [-0.39, 0.29) is 0 Å². The first-order chi connectivity index (χ1) is 8.72. The van der Waals surface area contributed by atoms with Gasteiger partial charge in [-0.3, -0.25) is 0 Å². The van der Waals surface area contributed by atoms with E-state index >= 15 is 0 Å². The monoisotopic (exact) mass is 265 g/mol. The van der Waals surface area contributed by atoms with E-state index in [1.165, 1.54) is 49.0 Å². The first-order valence-corrected chi connectivity index (χ1v) is 8.16. The topological polar surface area (TPSA) is 26.0 Å². The summed E-state index contributed by atoms with van der Waals surface area (Å²) in [6, 6.07) is 9.01. The molecule has 0 aliphatic carbocycles. The van der Waals surface area contributed by atoms with Gasteiger partial charge in [-0.2, -0.15) is 0 Å². The average Bonchev–Trinajstić information content (AvgIpc) is 2.36. The van der Waals surface area contributed by atoms with E-state index in [9.17, 15) is 0 Å². The minimum atomic E-state index is 0.345. The fourth-order valence-electron chi connectivity index (χ4n) is 2.00. The molecule has 1 aromatic rings. The number of nitrogens with two attached hydrogens (primary N) is 1. The lowest BCUT2D eigenvalue weighted by atomic mass is 10.1. The summed E-state index contributed by atoms with van der Waals surface area (Å²) < 4.78 is 0. The molecule has 1 rings (SSSR count). The van der Waals surface area contributed by atoms with Crippen LogP contribution in [-0.2, 0) is 0 Å². The van der Waals surface area contributed by atoms with Gasteiger partial charge in [0.05, 0.1) is 0 Å². The van der Waals surface area contributed by atoms with E-state index in [2.05, 4.69) is 38.1 Å². The van der Waals surface area contributed by atoms with Crippen LogP contribution in [0.5, 0.6) is 0 Å². The zero-order valence-corrected chi connectivity index (χ0v) is 12.6. The van der Waals surface area contributed by atoms with Gasteiger partial charge < -0.3 is 5.73 Å². The molecule has 0 aromatic heterocycles. The summed E-state index contributed by atoms with van der Waals surface area (Å²) in [6.07, 6.45) is 7.85. The van der Waals surface area contributed by atoms with Gasteiger partial charge in [0, 0.05) is 16.7 Å². The minimum absolute atomic E-state index is 0.345. The number of hydrogen-bond donors (Lipinski definition) is 1. The Hall–Kier alpha value is -0.470. The molecular formula is C16H27NS. The van der Waals surface area contributed by atoms with Crippen molar-refractivity contribution in [3.05, 3.63) is 29.8 Å². The summed E-state index contributed by atoms with van der Waals surface area (Å²) in [5.74, 6) is 1.04. The number of hydrogen-bond acceptors (Lipinski definition) is 2. The Balaban J connectivity index is 2.11. The van der Waals surface area contributed by atoms with Gasteiger partial charge in [0.1, 0.15) is 0 Å². The van der Waals surface area contributed by atoms with Crippen LogP contribution in [0.25, 0.3) is 0 Å². The quantitative estimate of drug-likeness (QED) is 0.514. The van der Waals surface area contributed by atoms with Crippen LogP contribution in [0.3, 0.4) is 0 Å². The maximum absolute atomic E-state index is 6.15. The van der Waals surface area contributed by atoms with Crippen molar-refractivity contribution in [3.63, 3.8) is 0 Å². The largest absolute Gasteiger partial charge is 0.327 e. The van der Waals surface area contributed by atoms with Crippen LogP contribution in [0.1, 0.15) is 51.0 Å². The highest BCUT2D eigenvalue weighted by atomic mass is 32.2. The lowest BCUT2D eigenvalue weighted by molar-refractivity contribution is 0.567. The van der Waals surface area contributed by atoms with Gasteiger partial charge in [-0.1, -0.05) is 56.7 Å². The Morgan fingerprint density at radius 1 is 1.17 bits per heavy atom. The van der Waals surface area contributed by atoms with Crippen LogP contribution >= 0.6 is 11.8 Å². The van der Waals surface area contributed by atoms with Crippen molar-refractivity contribution in [3.8, 4) is 0 Å². The fourth-order valence-corrected chi connectivity index (χ4v) is 3.02. The number of unbranched alkanes of at least 4 members (excludes halogenated alkanes) is 4. The molecule has 0 radical (unpaired) electrons. The number of benzene rings is 1. The molecular weight excluding hydrogens is 238 g/mol. The molecule has 102 valence electrons. The molecule has 0 aliphatic heterocycles. The standard InChI is InChI=1S/C16H27NS/c1-3-4-5-6-7-10-15(17)13-18-16-11-8-9-14(2)12-16/h8-9,11-12,15H,3-7,10,13,17H2,1-2H3. The number of rotatable bonds is 9. The van der Waals surface area contributed by atoms with Crippen LogP contribution < -0.4 is 5.73 Å². The molecule has 1 atom stereocenters. The van der Waals surface area contributed by atoms with Crippen molar-refractivity contribution < 1.29 is 0 Å². The van der Waals surface area contributed by atoms with Gasteiger partial charge in [-0.05, 0) is 25.5 Å². The normalized spacial score (nSPS) is 12.6. The molecule has 0 heterocycles. The highest BCUT2D eigenvalue weighted by Gasteiger charge is 2.03. The van der Waals surface area contributed by atoms with Gasteiger partial charge in [0.25, 0.3) is 0 Å². The molecule has 0 aliphatic rings. The number of thioether (sulfide) groups is 1. The molecule has 2 heteroatoms. The maximum atomic E-state index is 6.15. The van der Waals surface area contributed by atoms with Gasteiger partial charge in [-0.25, -0.2) is 0 Å². The van der Waals surface area contributed by atoms with Crippen LogP contribution in [-0.4, -0.2) is 11.8 Å². The summed E-state index contributed by atoms with van der Waals surface area (Å²) >= 11 is 1.89. The van der Waals surface area contributed by atoms with E-state index in [0.717, 1.165) is 5.75 Å². The summed E-state index contributed by atoms with van der Waals surface area (Å²) in [5.41, 5.74) is 7.48. The molecule has 0 amide bonds. The lowest BCUT2D eigenvalue weighted by Gasteiger charge is -2.11. The Bertz CT molecular complexity index is 325. The summed E-state index contributed by atoms with van der Waals surface area (Å²) in [5, 5.41) is 0. The summed E-state index contributed by atoms with van der Waals surface area (Å²) in [6.45, 7) is 4.39. The van der Waals surface area contributed by atoms with Crippen molar-refractivity contribution in [2.24, 2.45) is 5.73 Å². The molecule has 0 saturated heterocycles. The van der Waals surface area contributed by atoms with E-state index in [4.69, 9.17) is 5.73 Å². The van der Waals surface area contributed by atoms with Crippen molar-refractivity contribution in [1.29, 1.82) is 0 Å². The maximum Gasteiger partial charge on any atom is 0.0133 e. The average molecular weight is 265 g/mol. The smallest absolute Gasteiger partial charge is 0.0133 e. The Labute approximate surface area is 117 Å². The third-order valence-electron chi connectivity index (χ3n) is 3.13. The second-order valence-corrected chi connectivity index (χ2v) is 6.18. The second kappa shape index (κ2) is 9.46. The Kier molecular flexibility index (Phi) is 8.19. The Morgan fingerprint density at radius 3 is 2.67 bits per heavy atom. The molecule has 0 saturated carbocycles. The molecule has 1 unspecified atom stereocenters. The molecule has 0 bridgehead atoms. The SMILES string of the molecule is CCCCCCCC(N)CSc1cccc(C)c1. The lowest BCUT2D eigenvalue weighted by Crippen LogP contribution is -2.22. The zero-order valence-electron chi connectivity index (χ0n) is 11.8. The van der Waals surface area contributed by atoms with Crippen LogP contribution in [0.2, 0.25) is 0 Å². The summed E-state index contributed by atoms with van der Waals surface area (Å²) in [7, 11) is 0. The van der Waals surface area contributed by atoms with Crippen molar-refractivity contribution in [2.45, 2.75) is 63.3 Å². The first kappa shape index (κ1) is 15.6. The van der Waals surface area contributed by atoms with E-state index < -0.39 is 0 Å². The van der Waals surface area contributed by atoms with E-state index in [0.29, 0.717) is 6.04 Å². The third kappa shape index (κ3) is 7.07. The van der Waals surface area contributed by atoms with Crippen LogP contribution in [0.15, 0.2) is 29.2 Å². The second-order valence-electron chi connectivity index (χ2n) is 5.09. The van der Waals surface area contributed by atoms with Gasteiger partial charge in [0.15, 0.2) is 0 Å². The van der Waals surface area contributed by atoms with Gasteiger partial charge in [0.2, 0.25) is 0 Å². The predicted octanol–water partition coefficient (Wildman–Crippen LogP) is 4.77. The molecule has 0 spiro atoms. The minimum Gasteiger partial charge on any atom is -0.327 e. The highest BCUT2D eigenvalue weighted by molar-refractivity contribution is 7.99. The highest BCUT2D eigenvalue weighted by Crippen LogP contribution is 2.20. The molecule has 2 N–H and O–H groups in total. The molecule has 0 fully saturated rings. The van der Waals surface area contributed by atoms with Crippen molar-refractivity contribution >= 4 is 11.8 Å². The predicted molar refractivity (Wildman–Crippen MR) is 83.3 cm³/mol. The molecule has 1 nitrogen and oxygen atoms in total. The zero-order chi connectivity index (χ0) is 13.2. The van der Waals surface area contributed by atoms with Gasteiger partial charge >= 0.3 is 0 Å². The molecule has 18 heavy (non-hydrogen) atoms. The van der Waals surface area contributed by atoms with Crippen LogP contribution in [0.4, 0.5) is 0 Å². The first-order valence-electron chi connectivity index (χ1n) is 7.17. The third-order valence-corrected chi connectivity index (χ3v) is 4.31.